The Labute approximate surface area is 153 Å². The number of rotatable bonds is 1. The van der Waals surface area contributed by atoms with Gasteiger partial charge in [-0.1, -0.05) is 53.3 Å². The summed E-state index contributed by atoms with van der Waals surface area (Å²) in [5.74, 6) is 1.93. The first-order valence-electron chi connectivity index (χ1n) is 8.49. The Hall–Kier alpha value is -1.82. The number of nitrogens with zero attached hydrogens (tertiary/aromatic N) is 4. The molecule has 2 aromatic rings. The minimum absolute atomic E-state index is 0.153. The largest absolute Gasteiger partial charge is 0.507 e. The summed E-state index contributed by atoms with van der Waals surface area (Å²) >= 11 is 1.64. The van der Waals surface area contributed by atoms with Crippen molar-refractivity contribution in [2.45, 2.75) is 64.5 Å². The molecule has 2 heterocycles. The highest BCUT2D eigenvalue weighted by Gasteiger charge is 2.28. The molecule has 6 heteroatoms. The standard InChI is InChI=1S/C19H26N4OS/c1-11-20-21-17-23(11)22-15(10-25-17)12-8-13(18(2,3)4)16(24)14(9-12)19(5,6)7/h8-9,24H,10H2,1-7H3. The van der Waals surface area contributed by atoms with Crippen LogP contribution in [-0.4, -0.2) is 31.4 Å². The molecule has 0 fully saturated rings. The number of aryl methyl sites for hydroxylation is 1. The van der Waals surface area contributed by atoms with Gasteiger partial charge < -0.3 is 5.11 Å². The molecule has 1 aliphatic heterocycles. The fourth-order valence-corrected chi connectivity index (χ4v) is 3.80. The lowest BCUT2D eigenvalue weighted by molar-refractivity contribution is 0.423. The topological polar surface area (TPSA) is 63.3 Å². The summed E-state index contributed by atoms with van der Waals surface area (Å²) < 4.78 is 1.80. The Bertz CT molecular complexity index is 818. The highest BCUT2D eigenvalue weighted by Crippen LogP contribution is 2.40. The summed E-state index contributed by atoms with van der Waals surface area (Å²) in [5, 5.41) is 24.7. The van der Waals surface area contributed by atoms with E-state index in [2.05, 4.69) is 63.9 Å². The molecular formula is C19H26N4OS. The van der Waals surface area contributed by atoms with Gasteiger partial charge >= 0.3 is 0 Å². The molecule has 0 spiro atoms. The first-order valence-corrected chi connectivity index (χ1v) is 9.48. The van der Waals surface area contributed by atoms with Crippen LogP contribution in [0.15, 0.2) is 22.4 Å². The summed E-state index contributed by atoms with van der Waals surface area (Å²) in [6.07, 6.45) is 0. The molecule has 0 aliphatic carbocycles. The molecule has 1 aliphatic rings. The zero-order valence-corrected chi connectivity index (χ0v) is 16.8. The molecule has 0 bridgehead atoms. The maximum Gasteiger partial charge on any atom is 0.212 e. The van der Waals surface area contributed by atoms with Gasteiger partial charge in [0.05, 0.1) is 5.71 Å². The van der Waals surface area contributed by atoms with Gasteiger partial charge in [0.25, 0.3) is 0 Å². The van der Waals surface area contributed by atoms with E-state index in [9.17, 15) is 5.11 Å². The van der Waals surface area contributed by atoms with Crippen LogP contribution in [0, 0.1) is 6.92 Å². The minimum atomic E-state index is -0.153. The zero-order valence-electron chi connectivity index (χ0n) is 16.0. The summed E-state index contributed by atoms with van der Waals surface area (Å²) in [6.45, 7) is 14.6. The van der Waals surface area contributed by atoms with Crippen molar-refractivity contribution in [1.29, 1.82) is 0 Å². The normalized spacial score (nSPS) is 15.1. The van der Waals surface area contributed by atoms with Crippen molar-refractivity contribution in [3.63, 3.8) is 0 Å². The molecule has 0 amide bonds. The minimum Gasteiger partial charge on any atom is -0.507 e. The Balaban J connectivity index is 2.21. The molecule has 25 heavy (non-hydrogen) atoms. The molecular weight excluding hydrogens is 332 g/mol. The molecule has 0 atom stereocenters. The van der Waals surface area contributed by atoms with Gasteiger partial charge in [-0.05, 0) is 35.4 Å². The number of phenolic OH excluding ortho intramolecular Hbond substituents is 1. The highest BCUT2D eigenvalue weighted by atomic mass is 32.2. The van der Waals surface area contributed by atoms with E-state index in [0.29, 0.717) is 5.75 Å². The number of hydrogen-bond donors (Lipinski definition) is 1. The van der Waals surface area contributed by atoms with E-state index in [1.165, 1.54) is 0 Å². The monoisotopic (exact) mass is 358 g/mol. The number of benzene rings is 1. The second-order valence-electron chi connectivity index (χ2n) is 8.60. The average molecular weight is 359 g/mol. The second kappa shape index (κ2) is 5.87. The van der Waals surface area contributed by atoms with Gasteiger partial charge in [-0.3, -0.25) is 0 Å². The maximum atomic E-state index is 10.9. The van der Waals surface area contributed by atoms with Crippen molar-refractivity contribution in [3.8, 4) is 5.75 Å². The van der Waals surface area contributed by atoms with Gasteiger partial charge in [-0.15, -0.1) is 10.2 Å². The summed E-state index contributed by atoms with van der Waals surface area (Å²) in [4.78, 5) is 0. The first-order chi connectivity index (χ1) is 11.5. The molecule has 1 N–H and O–H groups in total. The number of hydrogen-bond acceptors (Lipinski definition) is 5. The van der Waals surface area contributed by atoms with E-state index in [1.807, 2.05) is 6.92 Å². The molecule has 134 valence electrons. The lowest BCUT2D eigenvalue weighted by atomic mass is 9.78. The van der Waals surface area contributed by atoms with Crippen LogP contribution in [0.3, 0.4) is 0 Å². The molecule has 5 nitrogen and oxygen atoms in total. The SMILES string of the molecule is Cc1nnc2n1N=C(c1cc(C(C)(C)C)c(O)c(C(C)(C)C)c1)CS2. The number of aromatic hydroxyl groups is 1. The molecule has 1 aromatic heterocycles. The second-order valence-corrected chi connectivity index (χ2v) is 9.54. The first kappa shape index (κ1) is 18.0. The lowest BCUT2D eigenvalue weighted by Crippen LogP contribution is -2.20. The van der Waals surface area contributed by atoms with Crippen molar-refractivity contribution in [2.24, 2.45) is 5.10 Å². The molecule has 0 saturated carbocycles. The van der Waals surface area contributed by atoms with Crippen LogP contribution in [0.4, 0.5) is 0 Å². The number of aromatic nitrogens is 3. The molecule has 3 rings (SSSR count). The Kier molecular flexibility index (Phi) is 4.22. The van der Waals surface area contributed by atoms with Gasteiger partial charge in [0, 0.05) is 16.9 Å². The summed E-state index contributed by atoms with van der Waals surface area (Å²) in [7, 11) is 0. The maximum absolute atomic E-state index is 10.9. The predicted octanol–water partition coefficient (Wildman–Crippen LogP) is 4.25. The van der Waals surface area contributed by atoms with Crippen molar-refractivity contribution >= 4 is 17.5 Å². The van der Waals surface area contributed by atoms with Crippen LogP contribution in [0.25, 0.3) is 0 Å². The van der Waals surface area contributed by atoms with E-state index in [-0.39, 0.29) is 10.8 Å². The molecule has 1 aromatic carbocycles. The number of fused-ring (bicyclic) bond motifs is 1. The third-order valence-corrected chi connectivity index (χ3v) is 5.32. The Morgan fingerprint density at radius 3 is 2.08 bits per heavy atom. The fraction of sp³-hybridized carbons (Fsp3) is 0.526. The van der Waals surface area contributed by atoms with E-state index in [1.54, 1.807) is 16.4 Å². The Morgan fingerprint density at radius 1 is 1.00 bits per heavy atom. The molecule has 0 saturated heterocycles. The van der Waals surface area contributed by atoms with E-state index in [0.717, 1.165) is 39.1 Å². The van der Waals surface area contributed by atoms with Crippen LogP contribution in [0.1, 0.15) is 64.1 Å². The third-order valence-electron chi connectivity index (χ3n) is 4.39. The smallest absolute Gasteiger partial charge is 0.212 e. The van der Waals surface area contributed by atoms with Gasteiger partial charge in [0.15, 0.2) is 5.82 Å². The summed E-state index contributed by atoms with van der Waals surface area (Å²) in [6, 6.07) is 4.16. The van der Waals surface area contributed by atoms with Crippen molar-refractivity contribution < 1.29 is 5.11 Å². The number of thioether (sulfide) groups is 1. The molecule has 0 radical (unpaired) electrons. The average Bonchev–Trinajstić information content (AvgIpc) is 2.86. The summed E-state index contributed by atoms with van der Waals surface area (Å²) in [5.41, 5.74) is 3.64. The highest BCUT2D eigenvalue weighted by molar-refractivity contribution is 7.99. The van der Waals surface area contributed by atoms with E-state index >= 15 is 0 Å². The quantitative estimate of drug-likeness (QED) is 0.828. The van der Waals surface area contributed by atoms with Crippen LogP contribution >= 0.6 is 11.8 Å². The van der Waals surface area contributed by atoms with Gasteiger partial charge in [-0.25, -0.2) is 0 Å². The number of phenols is 1. The van der Waals surface area contributed by atoms with Crippen LogP contribution in [0.5, 0.6) is 5.75 Å². The van der Waals surface area contributed by atoms with Crippen LogP contribution in [-0.2, 0) is 10.8 Å². The van der Waals surface area contributed by atoms with Crippen LogP contribution in [0.2, 0.25) is 0 Å². The molecule has 0 unspecified atom stereocenters. The van der Waals surface area contributed by atoms with Crippen molar-refractivity contribution in [3.05, 3.63) is 34.6 Å². The van der Waals surface area contributed by atoms with E-state index in [4.69, 9.17) is 5.10 Å². The third kappa shape index (κ3) is 3.32. The van der Waals surface area contributed by atoms with Gasteiger partial charge in [0.1, 0.15) is 5.75 Å². The van der Waals surface area contributed by atoms with Gasteiger partial charge in [0.2, 0.25) is 5.16 Å². The predicted molar refractivity (Wildman–Crippen MR) is 103 cm³/mol. The lowest BCUT2D eigenvalue weighted by Gasteiger charge is -2.28. The van der Waals surface area contributed by atoms with Crippen LogP contribution < -0.4 is 0 Å². The zero-order chi connectivity index (χ0) is 18.6. The Morgan fingerprint density at radius 2 is 1.56 bits per heavy atom. The van der Waals surface area contributed by atoms with Crippen molar-refractivity contribution in [1.82, 2.24) is 14.9 Å². The fourth-order valence-electron chi connectivity index (χ4n) is 2.91. The van der Waals surface area contributed by atoms with Gasteiger partial charge in [-0.2, -0.15) is 9.78 Å². The van der Waals surface area contributed by atoms with E-state index < -0.39 is 0 Å². The van der Waals surface area contributed by atoms with Crippen molar-refractivity contribution in [2.75, 3.05) is 5.75 Å².